The molecule has 2 aromatic carbocycles. The van der Waals surface area contributed by atoms with E-state index in [1.165, 1.54) is 48.4 Å². The highest BCUT2D eigenvalue weighted by molar-refractivity contribution is 7.92. The van der Waals surface area contributed by atoms with Crippen LogP contribution in [0.1, 0.15) is 51.0 Å². The number of sulfonamides is 1. The number of hydrogen-bond acceptors (Lipinski definition) is 4. The minimum atomic E-state index is -3.53. The maximum absolute atomic E-state index is 13.1. The van der Waals surface area contributed by atoms with E-state index < -0.39 is 16.1 Å². The van der Waals surface area contributed by atoms with Gasteiger partial charge in [-0.05, 0) is 98.4 Å². The van der Waals surface area contributed by atoms with Crippen molar-refractivity contribution in [3.63, 3.8) is 0 Å². The minimum absolute atomic E-state index is 0.0373. The fourth-order valence-electron chi connectivity index (χ4n) is 7.35. The van der Waals surface area contributed by atoms with Gasteiger partial charge in [0.1, 0.15) is 5.75 Å². The van der Waals surface area contributed by atoms with Crippen molar-refractivity contribution < 1.29 is 17.9 Å². The molecule has 2 aromatic rings. The molecule has 5 aliphatic rings. The first kappa shape index (κ1) is 22.0. The molecule has 1 aliphatic heterocycles. The highest BCUT2D eigenvalue weighted by Gasteiger charge is 2.51. The lowest BCUT2D eigenvalue weighted by atomic mass is 9.48. The number of carbonyl (C=O) groups is 1. The molecule has 0 spiro atoms. The van der Waals surface area contributed by atoms with Gasteiger partial charge in [-0.25, -0.2) is 8.42 Å². The van der Waals surface area contributed by atoms with E-state index in [0.29, 0.717) is 22.5 Å². The fourth-order valence-corrected chi connectivity index (χ4v) is 8.48. The van der Waals surface area contributed by atoms with Crippen molar-refractivity contribution in [2.24, 2.45) is 17.8 Å². The maximum atomic E-state index is 13.1. The first-order chi connectivity index (χ1) is 16.3. The predicted molar refractivity (Wildman–Crippen MR) is 133 cm³/mol. The molecule has 0 radical (unpaired) electrons. The van der Waals surface area contributed by atoms with Crippen molar-refractivity contribution in [3.05, 3.63) is 54.1 Å². The molecule has 0 aromatic heterocycles. The summed E-state index contributed by atoms with van der Waals surface area (Å²) in [6.45, 7) is 1.57. The van der Waals surface area contributed by atoms with Crippen molar-refractivity contribution in [2.75, 3.05) is 21.9 Å². The third-order valence-corrected chi connectivity index (χ3v) is 10.3. The van der Waals surface area contributed by atoms with Gasteiger partial charge in [-0.3, -0.25) is 9.10 Å². The first-order valence-corrected chi connectivity index (χ1v) is 14.1. The predicted octanol–water partition coefficient (Wildman–Crippen LogP) is 4.71. The Morgan fingerprint density at radius 3 is 2.24 bits per heavy atom. The standard InChI is InChI=1S/C27H32N2O4S/c1-2-34(31,32)29-17-25(33-24-6-4-3-5-23(24)29)26(30)28-22-9-7-21(8-10-22)27-14-18-11-19(15-27)13-20(12-18)16-27/h3-10,18-20,25H,2,11-17H2,1H3,(H,28,30). The monoisotopic (exact) mass is 480 g/mol. The summed E-state index contributed by atoms with van der Waals surface area (Å²) >= 11 is 0. The number of anilines is 2. The summed E-state index contributed by atoms with van der Waals surface area (Å²) in [5.41, 5.74) is 2.93. The molecule has 1 N–H and O–H groups in total. The Labute approximate surface area is 201 Å². The minimum Gasteiger partial charge on any atom is -0.476 e. The summed E-state index contributed by atoms with van der Waals surface area (Å²) in [6, 6.07) is 15.3. The van der Waals surface area contributed by atoms with Gasteiger partial charge in [-0.15, -0.1) is 0 Å². The Morgan fingerprint density at radius 1 is 1.00 bits per heavy atom. The van der Waals surface area contributed by atoms with Crippen molar-refractivity contribution >= 4 is 27.3 Å². The van der Waals surface area contributed by atoms with Crippen molar-refractivity contribution in [3.8, 4) is 5.75 Å². The average Bonchev–Trinajstić information content (AvgIpc) is 2.83. The maximum Gasteiger partial charge on any atom is 0.267 e. The SMILES string of the molecule is CCS(=O)(=O)N1CC(C(=O)Nc2ccc(C34CC5CC(CC(C5)C3)C4)cc2)Oc2ccccc21. The number of nitrogens with zero attached hydrogens (tertiary/aromatic N) is 1. The molecule has 1 amide bonds. The lowest BCUT2D eigenvalue weighted by Gasteiger charge is -2.57. The van der Waals surface area contributed by atoms with E-state index in [1.54, 1.807) is 31.2 Å². The van der Waals surface area contributed by atoms with Gasteiger partial charge in [0.05, 0.1) is 18.0 Å². The number of amides is 1. The molecule has 4 saturated carbocycles. The van der Waals surface area contributed by atoms with Gasteiger partial charge in [0.25, 0.3) is 5.91 Å². The van der Waals surface area contributed by atoms with Crippen LogP contribution >= 0.6 is 0 Å². The van der Waals surface area contributed by atoms with Crippen LogP contribution in [-0.2, 0) is 20.2 Å². The lowest BCUT2D eigenvalue weighted by Crippen LogP contribution is -2.49. The number of carbonyl (C=O) groups excluding carboxylic acids is 1. The zero-order valence-corrected chi connectivity index (χ0v) is 20.4. The highest BCUT2D eigenvalue weighted by atomic mass is 32.2. The summed E-state index contributed by atoms with van der Waals surface area (Å²) in [7, 11) is -3.53. The summed E-state index contributed by atoms with van der Waals surface area (Å²) in [5.74, 6) is 2.69. The van der Waals surface area contributed by atoms with E-state index in [1.807, 2.05) is 12.1 Å². The van der Waals surface area contributed by atoms with Crippen LogP contribution < -0.4 is 14.4 Å². The summed E-state index contributed by atoms with van der Waals surface area (Å²) in [5, 5.41) is 2.95. The van der Waals surface area contributed by atoms with Crippen LogP contribution in [0.15, 0.2) is 48.5 Å². The van der Waals surface area contributed by atoms with Crippen LogP contribution in [0.4, 0.5) is 11.4 Å². The largest absolute Gasteiger partial charge is 0.476 e. The van der Waals surface area contributed by atoms with E-state index in [9.17, 15) is 13.2 Å². The Hall–Kier alpha value is -2.54. The van der Waals surface area contributed by atoms with Gasteiger partial charge >= 0.3 is 0 Å². The van der Waals surface area contributed by atoms with Gasteiger partial charge in [-0.1, -0.05) is 24.3 Å². The van der Waals surface area contributed by atoms with E-state index in [0.717, 1.165) is 17.8 Å². The third kappa shape index (κ3) is 3.69. The van der Waals surface area contributed by atoms with Gasteiger partial charge < -0.3 is 10.1 Å². The Morgan fingerprint density at radius 2 is 1.62 bits per heavy atom. The molecule has 7 rings (SSSR count). The third-order valence-electron chi connectivity index (χ3n) is 8.53. The highest BCUT2D eigenvalue weighted by Crippen LogP contribution is 2.60. The Balaban J connectivity index is 1.19. The smallest absolute Gasteiger partial charge is 0.267 e. The molecule has 4 bridgehead atoms. The number of ether oxygens (including phenoxy) is 1. The number of para-hydroxylation sites is 2. The van der Waals surface area contributed by atoms with E-state index in [2.05, 4.69) is 17.4 Å². The molecule has 1 heterocycles. The average molecular weight is 481 g/mol. The molecule has 7 heteroatoms. The molecule has 4 fully saturated rings. The summed E-state index contributed by atoms with van der Waals surface area (Å²) in [4.78, 5) is 13.1. The molecule has 34 heavy (non-hydrogen) atoms. The number of nitrogens with one attached hydrogen (secondary N) is 1. The van der Waals surface area contributed by atoms with Crippen molar-refractivity contribution in [1.82, 2.24) is 0 Å². The Kier molecular flexibility index (Phi) is 5.17. The molecular weight excluding hydrogens is 448 g/mol. The topological polar surface area (TPSA) is 75.7 Å². The van der Waals surface area contributed by atoms with Gasteiger partial charge in [0.2, 0.25) is 10.0 Å². The van der Waals surface area contributed by atoms with Crippen LogP contribution in [0.2, 0.25) is 0 Å². The summed E-state index contributed by atoms with van der Waals surface area (Å²) in [6.07, 6.45) is 7.26. The van der Waals surface area contributed by atoms with Crippen LogP contribution in [0.25, 0.3) is 0 Å². The normalized spacial score (nSPS) is 31.6. The molecule has 6 nitrogen and oxygen atoms in total. The number of fused-ring (bicyclic) bond motifs is 1. The van der Waals surface area contributed by atoms with Gasteiger partial charge in [-0.2, -0.15) is 0 Å². The van der Waals surface area contributed by atoms with Crippen LogP contribution in [0.3, 0.4) is 0 Å². The molecule has 1 unspecified atom stereocenters. The number of hydrogen-bond donors (Lipinski definition) is 1. The van der Waals surface area contributed by atoms with Crippen LogP contribution in [0.5, 0.6) is 5.75 Å². The number of benzene rings is 2. The van der Waals surface area contributed by atoms with Crippen LogP contribution in [-0.4, -0.2) is 32.7 Å². The molecular formula is C27H32N2O4S. The second-order valence-corrected chi connectivity index (χ2v) is 13.0. The van der Waals surface area contributed by atoms with Crippen LogP contribution in [0, 0.1) is 17.8 Å². The second-order valence-electron chi connectivity index (χ2n) is 10.8. The van der Waals surface area contributed by atoms with Gasteiger partial charge in [0.15, 0.2) is 6.10 Å². The number of rotatable bonds is 5. The molecule has 0 saturated heterocycles. The Bertz CT molecular complexity index is 1170. The fraction of sp³-hybridized carbons (Fsp3) is 0.519. The van der Waals surface area contributed by atoms with E-state index >= 15 is 0 Å². The zero-order chi connectivity index (χ0) is 23.5. The van der Waals surface area contributed by atoms with Crippen molar-refractivity contribution in [1.29, 1.82) is 0 Å². The second kappa shape index (κ2) is 8.01. The summed E-state index contributed by atoms with van der Waals surface area (Å²) < 4.78 is 32.6. The van der Waals surface area contributed by atoms with Crippen molar-refractivity contribution in [2.45, 2.75) is 57.0 Å². The lowest BCUT2D eigenvalue weighted by molar-refractivity contribution is -0.122. The first-order valence-electron chi connectivity index (χ1n) is 12.5. The van der Waals surface area contributed by atoms with E-state index in [-0.39, 0.29) is 18.2 Å². The quantitative estimate of drug-likeness (QED) is 0.673. The van der Waals surface area contributed by atoms with E-state index in [4.69, 9.17) is 4.74 Å². The molecule has 1 atom stereocenters. The van der Waals surface area contributed by atoms with Gasteiger partial charge in [0, 0.05) is 5.69 Å². The molecule has 4 aliphatic carbocycles. The molecule has 180 valence electrons. The zero-order valence-electron chi connectivity index (χ0n) is 19.6.